The van der Waals surface area contributed by atoms with Crippen LogP contribution in [-0.2, 0) is 13.0 Å². The van der Waals surface area contributed by atoms with Crippen LogP contribution in [0.4, 0.5) is 11.4 Å². The molecule has 0 aliphatic carbocycles. The Labute approximate surface area is 144 Å². The number of nitrogens with one attached hydrogen (secondary N) is 2. The van der Waals surface area contributed by atoms with E-state index in [1.54, 1.807) is 16.8 Å². The molecule has 1 fully saturated rings. The highest BCUT2D eigenvalue weighted by Crippen LogP contribution is 2.45. The SMILES string of the molecule is c1ccc(CNc2cc3c4c(c2)[C@@H]2CNC[C@@H]2CN4CCC3)cc1. The van der Waals surface area contributed by atoms with Gasteiger partial charge in [-0.1, -0.05) is 30.3 Å². The van der Waals surface area contributed by atoms with Gasteiger partial charge in [0.25, 0.3) is 0 Å². The van der Waals surface area contributed by atoms with E-state index in [1.807, 2.05) is 0 Å². The molecule has 24 heavy (non-hydrogen) atoms. The van der Waals surface area contributed by atoms with Crippen LogP contribution in [-0.4, -0.2) is 26.2 Å². The van der Waals surface area contributed by atoms with Gasteiger partial charge in [0.05, 0.1) is 0 Å². The third kappa shape index (κ3) is 2.39. The molecule has 2 aromatic rings. The fourth-order valence-electron chi connectivity index (χ4n) is 4.81. The molecule has 0 aromatic heterocycles. The fraction of sp³-hybridized carbons (Fsp3) is 0.429. The molecule has 0 unspecified atom stereocenters. The molecule has 0 saturated carbocycles. The van der Waals surface area contributed by atoms with Crippen molar-refractivity contribution < 1.29 is 0 Å². The van der Waals surface area contributed by atoms with Crippen LogP contribution < -0.4 is 15.5 Å². The summed E-state index contributed by atoms with van der Waals surface area (Å²) in [4.78, 5) is 2.66. The zero-order valence-electron chi connectivity index (χ0n) is 14.1. The third-order valence-corrected chi connectivity index (χ3v) is 5.94. The van der Waals surface area contributed by atoms with Gasteiger partial charge in [-0.2, -0.15) is 0 Å². The van der Waals surface area contributed by atoms with Gasteiger partial charge in [-0.05, 0) is 47.6 Å². The monoisotopic (exact) mass is 319 g/mol. The van der Waals surface area contributed by atoms with Gasteiger partial charge in [0.2, 0.25) is 0 Å². The molecule has 1 saturated heterocycles. The second-order valence-corrected chi connectivity index (χ2v) is 7.49. The lowest BCUT2D eigenvalue weighted by Crippen LogP contribution is -2.41. The lowest BCUT2D eigenvalue weighted by atomic mass is 9.80. The molecular weight excluding hydrogens is 294 g/mol. The van der Waals surface area contributed by atoms with E-state index in [-0.39, 0.29) is 0 Å². The number of hydrogen-bond donors (Lipinski definition) is 2. The minimum atomic E-state index is 0.701. The number of nitrogens with zero attached hydrogens (tertiary/aromatic N) is 1. The first-order chi connectivity index (χ1) is 11.9. The molecule has 3 heteroatoms. The standard InChI is InChI=1S/C21H25N3/c1-2-5-15(6-3-1)11-23-18-9-16-7-4-8-24-14-17-12-22-13-20(17)19(10-18)21(16)24/h1-3,5-6,9-10,17,20,22-23H,4,7-8,11-14H2/t17-,20-/m1/s1. The third-order valence-electron chi connectivity index (χ3n) is 5.94. The van der Waals surface area contributed by atoms with Crippen molar-refractivity contribution in [3.8, 4) is 0 Å². The van der Waals surface area contributed by atoms with Crippen LogP contribution in [0, 0.1) is 5.92 Å². The first-order valence-corrected chi connectivity index (χ1v) is 9.29. The van der Waals surface area contributed by atoms with E-state index in [2.05, 4.69) is 58.0 Å². The maximum Gasteiger partial charge on any atom is 0.0436 e. The second kappa shape index (κ2) is 5.82. The van der Waals surface area contributed by atoms with Crippen molar-refractivity contribution in [2.24, 2.45) is 5.92 Å². The van der Waals surface area contributed by atoms with Gasteiger partial charge in [-0.25, -0.2) is 0 Å². The van der Waals surface area contributed by atoms with Crippen LogP contribution in [0.15, 0.2) is 42.5 Å². The summed E-state index contributed by atoms with van der Waals surface area (Å²) in [5.74, 6) is 1.49. The first kappa shape index (κ1) is 14.4. The van der Waals surface area contributed by atoms with E-state index in [9.17, 15) is 0 Å². The van der Waals surface area contributed by atoms with Gasteiger partial charge in [0, 0.05) is 50.0 Å². The summed E-state index contributed by atoms with van der Waals surface area (Å²) in [6.45, 7) is 5.70. The highest BCUT2D eigenvalue weighted by Gasteiger charge is 2.38. The lowest BCUT2D eigenvalue weighted by molar-refractivity contribution is 0.470. The molecule has 2 atom stereocenters. The smallest absolute Gasteiger partial charge is 0.0436 e. The Morgan fingerprint density at radius 1 is 1.12 bits per heavy atom. The van der Waals surface area contributed by atoms with Gasteiger partial charge in [-0.3, -0.25) is 0 Å². The van der Waals surface area contributed by atoms with Crippen LogP contribution in [0.25, 0.3) is 0 Å². The summed E-state index contributed by atoms with van der Waals surface area (Å²) in [5, 5.41) is 7.29. The fourth-order valence-corrected chi connectivity index (χ4v) is 4.81. The van der Waals surface area contributed by atoms with Gasteiger partial charge < -0.3 is 15.5 Å². The zero-order valence-corrected chi connectivity index (χ0v) is 14.1. The molecule has 3 aliphatic heterocycles. The van der Waals surface area contributed by atoms with Crippen molar-refractivity contribution >= 4 is 11.4 Å². The van der Waals surface area contributed by atoms with Crippen molar-refractivity contribution in [1.29, 1.82) is 0 Å². The van der Waals surface area contributed by atoms with Crippen molar-refractivity contribution in [2.45, 2.75) is 25.3 Å². The number of benzene rings is 2. The minimum Gasteiger partial charge on any atom is -0.381 e. The van der Waals surface area contributed by atoms with Crippen molar-refractivity contribution in [2.75, 3.05) is 36.4 Å². The average molecular weight is 319 g/mol. The Balaban J connectivity index is 1.48. The lowest BCUT2D eigenvalue weighted by Gasteiger charge is -2.42. The summed E-state index contributed by atoms with van der Waals surface area (Å²) in [6, 6.07) is 15.5. The Kier molecular flexibility index (Phi) is 3.48. The van der Waals surface area contributed by atoms with Crippen LogP contribution in [0.3, 0.4) is 0 Å². The largest absolute Gasteiger partial charge is 0.381 e. The average Bonchev–Trinajstić information content (AvgIpc) is 3.10. The molecule has 0 bridgehead atoms. The second-order valence-electron chi connectivity index (χ2n) is 7.49. The van der Waals surface area contributed by atoms with Gasteiger partial charge in [0.1, 0.15) is 0 Å². The number of aryl methyl sites for hydroxylation is 1. The molecule has 2 N–H and O–H groups in total. The minimum absolute atomic E-state index is 0.701. The predicted molar refractivity (Wildman–Crippen MR) is 99.8 cm³/mol. The van der Waals surface area contributed by atoms with E-state index >= 15 is 0 Å². The molecule has 0 amide bonds. The number of rotatable bonds is 3. The van der Waals surface area contributed by atoms with E-state index in [1.165, 1.54) is 43.7 Å². The van der Waals surface area contributed by atoms with Crippen molar-refractivity contribution in [1.82, 2.24) is 5.32 Å². The highest BCUT2D eigenvalue weighted by atomic mass is 15.2. The molecule has 124 valence electrons. The Morgan fingerprint density at radius 3 is 2.96 bits per heavy atom. The normalized spacial score (nSPS) is 24.4. The van der Waals surface area contributed by atoms with Crippen molar-refractivity contribution in [3.63, 3.8) is 0 Å². The van der Waals surface area contributed by atoms with Crippen molar-refractivity contribution in [3.05, 3.63) is 59.2 Å². The first-order valence-electron chi connectivity index (χ1n) is 9.29. The van der Waals surface area contributed by atoms with E-state index in [0.29, 0.717) is 5.92 Å². The Bertz CT molecular complexity index is 740. The number of fused-ring (bicyclic) bond motifs is 2. The van der Waals surface area contributed by atoms with E-state index in [0.717, 1.165) is 19.0 Å². The van der Waals surface area contributed by atoms with Crippen LogP contribution >= 0.6 is 0 Å². The highest BCUT2D eigenvalue weighted by molar-refractivity contribution is 5.70. The summed E-state index contributed by atoms with van der Waals surface area (Å²) in [6.07, 6.45) is 2.52. The van der Waals surface area contributed by atoms with Gasteiger partial charge in [-0.15, -0.1) is 0 Å². The summed E-state index contributed by atoms with van der Waals surface area (Å²) < 4.78 is 0. The molecule has 3 aliphatic rings. The quantitative estimate of drug-likeness (QED) is 0.908. The van der Waals surface area contributed by atoms with Crippen LogP contribution in [0.1, 0.15) is 29.0 Å². The molecular formula is C21H25N3. The predicted octanol–water partition coefficient (Wildman–Crippen LogP) is 3.37. The molecule has 2 aromatic carbocycles. The Hall–Kier alpha value is -2.00. The van der Waals surface area contributed by atoms with Gasteiger partial charge in [0.15, 0.2) is 0 Å². The summed E-state index contributed by atoms with van der Waals surface area (Å²) in [7, 11) is 0. The molecule has 0 radical (unpaired) electrons. The molecule has 3 nitrogen and oxygen atoms in total. The van der Waals surface area contributed by atoms with E-state index < -0.39 is 0 Å². The Morgan fingerprint density at radius 2 is 2.04 bits per heavy atom. The van der Waals surface area contributed by atoms with E-state index in [4.69, 9.17) is 0 Å². The maximum absolute atomic E-state index is 3.67. The molecule has 3 heterocycles. The van der Waals surface area contributed by atoms with Gasteiger partial charge >= 0.3 is 0 Å². The number of anilines is 2. The zero-order chi connectivity index (χ0) is 15.9. The van der Waals surface area contributed by atoms with Crippen LogP contribution in [0.5, 0.6) is 0 Å². The summed E-state index contributed by atoms with van der Waals surface area (Å²) in [5.41, 5.74) is 7.34. The molecule has 5 rings (SSSR count). The molecule has 0 spiro atoms. The maximum atomic E-state index is 3.67. The number of hydrogen-bond acceptors (Lipinski definition) is 3. The van der Waals surface area contributed by atoms with Crippen LogP contribution in [0.2, 0.25) is 0 Å². The summed E-state index contributed by atoms with van der Waals surface area (Å²) >= 11 is 0. The topological polar surface area (TPSA) is 27.3 Å².